The molecule has 0 bridgehead atoms. The van der Waals surface area contributed by atoms with Crippen molar-refractivity contribution in [2.24, 2.45) is 5.92 Å². The second-order valence-electron chi connectivity index (χ2n) is 5.05. The van der Waals surface area contributed by atoms with E-state index in [4.69, 9.17) is 9.84 Å². The first-order valence-electron chi connectivity index (χ1n) is 5.50. The Labute approximate surface area is 95.2 Å². The van der Waals surface area contributed by atoms with Gasteiger partial charge < -0.3 is 15.2 Å². The monoisotopic (exact) mass is 229 g/mol. The van der Waals surface area contributed by atoms with Gasteiger partial charge in [-0.2, -0.15) is 0 Å². The standard InChI is InChI=1S/C11H19NO4/c1-11(2,3)16-10(15)7-5-4-6-12-8(7)9(13)14/h7-8,12H,4-6H2,1-3H3,(H,13,14)/t7-,8+/m0/s1. The quantitative estimate of drug-likeness (QED) is 0.684. The van der Waals surface area contributed by atoms with Gasteiger partial charge >= 0.3 is 11.9 Å². The average molecular weight is 229 g/mol. The minimum Gasteiger partial charge on any atom is -0.480 e. The van der Waals surface area contributed by atoms with Crippen LogP contribution < -0.4 is 5.32 Å². The maximum Gasteiger partial charge on any atom is 0.321 e. The number of hydrogen-bond acceptors (Lipinski definition) is 4. The van der Waals surface area contributed by atoms with Crippen LogP contribution in [0, 0.1) is 5.92 Å². The molecule has 0 aromatic heterocycles. The zero-order valence-electron chi connectivity index (χ0n) is 9.95. The van der Waals surface area contributed by atoms with Gasteiger partial charge in [0.1, 0.15) is 11.6 Å². The summed E-state index contributed by atoms with van der Waals surface area (Å²) in [6, 6.07) is -0.816. The van der Waals surface area contributed by atoms with E-state index in [2.05, 4.69) is 5.32 Å². The fourth-order valence-electron chi connectivity index (χ4n) is 1.78. The van der Waals surface area contributed by atoms with Gasteiger partial charge in [0.05, 0.1) is 5.92 Å². The Bertz CT molecular complexity index is 282. The maximum absolute atomic E-state index is 11.8. The molecule has 1 fully saturated rings. The molecule has 0 aromatic rings. The molecule has 1 rings (SSSR count). The smallest absolute Gasteiger partial charge is 0.321 e. The van der Waals surface area contributed by atoms with Gasteiger partial charge in [-0.25, -0.2) is 0 Å². The fraction of sp³-hybridized carbons (Fsp3) is 0.818. The fourth-order valence-corrected chi connectivity index (χ4v) is 1.78. The Morgan fingerprint density at radius 2 is 2.00 bits per heavy atom. The zero-order chi connectivity index (χ0) is 12.3. The van der Waals surface area contributed by atoms with Crippen molar-refractivity contribution in [3.8, 4) is 0 Å². The first-order chi connectivity index (χ1) is 7.31. The molecular weight excluding hydrogens is 210 g/mol. The molecule has 0 spiro atoms. The Kier molecular flexibility index (Phi) is 3.91. The highest BCUT2D eigenvalue weighted by Crippen LogP contribution is 2.21. The molecule has 2 N–H and O–H groups in total. The second-order valence-corrected chi connectivity index (χ2v) is 5.05. The van der Waals surface area contributed by atoms with E-state index >= 15 is 0 Å². The van der Waals surface area contributed by atoms with Crippen molar-refractivity contribution in [1.82, 2.24) is 5.32 Å². The molecular formula is C11H19NO4. The second kappa shape index (κ2) is 4.82. The molecule has 1 aliphatic rings. The predicted octanol–water partition coefficient (Wildman–Crippen LogP) is 0.781. The van der Waals surface area contributed by atoms with Crippen LogP contribution in [0.2, 0.25) is 0 Å². The highest BCUT2D eigenvalue weighted by molar-refractivity contribution is 5.84. The third-order valence-electron chi connectivity index (χ3n) is 2.43. The van der Waals surface area contributed by atoms with Crippen molar-refractivity contribution in [3.63, 3.8) is 0 Å². The summed E-state index contributed by atoms with van der Waals surface area (Å²) >= 11 is 0. The molecule has 0 saturated carbocycles. The molecule has 0 aliphatic carbocycles. The number of carbonyl (C=O) groups is 2. The molecule has 5 nitrogen and oxygen atoms in total. The number of rotatable bonds is 2. The van der Waals surface area contributed by atoms with Gasteiger partial charge in [-0.15, -0.1) is 0 Å². The average Bonchev–Trinajstić information content (AvgIpc) is 2.15. The number of hydrogen-bond donors (Lipinski definition) is 2. The summed E-state index contributed by atoms with van der Waals surface area (Å²) in [4.78, 5) is 22.8. The van der Waals surface area contributed by atoms with E-state index in [1.807, 2.05) is 0 Å². The van der Waals surface area contributed by atoms with Gasteiger partial charge in [0.25, 0.3) is 0 Å². The highest BCUT2D eigenvalue weighted by atomic mass is 16.6. The van der Waals surface area contributed by atoms with E-state index in [9.17, 15) is 9.59 Å². The van der Waals surface area contributed by atoms with Crippen molar-refractivity contribution in [2.75, 3.05) is 6.54 Å². The third-order valence-corrected chi connectivity index (χ3v) is 2.43. The van der Waals surface area contributed by atoms with Crippen molar-refractivity contribution < 1.29 is 19.4 Å². The molecule has 1 saturated heterocycles. The number of carbonyl (C=O) groups excluding carboxylic acids is 1. The minimum atomic E-state index is -0.990. The molecule has 16 heavy (non-hydrogen) atoms. The van der Waals surface area contributed by atoms with E-state index in [1.165, 1.54) is 0 Å². The SMILES string of the molecule is CC(C)(C)OC(=O)[C@H]1CCCN[C@H]1C(=O)O. The molecule has 5 heteroatoms. The van der Waals surface area contributed by atoms with Crippen LogP contribution in [0.3, 0.4) is 0 Å². The van der Waals surface area contributed by atoms with Crippen LogP contribution in [0.25, 0.3) is 0 Å². The Morgan fingerprint density at radius 3 is 2.50 bits per heavy atom. The number of ether oxygens (including phenoxy) is 1. The summed E-state index contributed by atoms with van der Waals surface area (Å²) in [6.07, 6.45) is 1.37. The topological polar surface area (TPSA) is 75.6 Å². The lowest BCUT2D eigenvalue weighted by Gasteiger charge is -2.30. The van der Waals surface area contributed by atoms with Gasteiger partial charge in [-0.05, 0) is 40.2 Å². The molecule has 0 unspecified atom stereocenters. The normalized spacial score (nSPS) is 26.2. The van der Waals surface area contributed by atoms with Crippen molar-refractivity contribution in [2.45, 2.75) is 45.3 Å². The lowest BCUT2D eigenvalue weighted by molar-refractivity contribution is -0.165. The van der Waals surface area contributed by atoms with Crippen LogP contribution in [0.5, 0.6) is 0 Å². The predicted molar refractivity (Wildman–Crippen MR) is 58.0 cm³/mol. The van der Waals surface area contributed by atoms with Gasteiger partial charge in [0, 0.05) is 0 Å². The lowest BCUT2D eigenvalue weighted by Crippen LogP contribution is -2.50. The summed E-state index contributed by atoms with van der Waals surface area (Å²) in [5, 5.41) is 11.8. The number of esters is 1. The third kappa shape index (κ3) is 3.48. The largest absolute Gasteiger partial charge is 0.480 e. The van der Waals surface area contributed by atoms with Crippen LogP contribution in [0.1, 0.15) is 33.6 Å². The Hall–Kier alpha value is -1.10. The van der Waals surface area contributed by atoms with Gasteiger partial charge in [-0.3, -0.25) is 9.59 Å². The van der Waals surface area contributed by atoms with E-state index < -0.39 is 29.5 Å². The number of carboxylic acid groups (broad SMARTS) is 1. The van der Waals surface area contributed by atoms with E-state index in [-0.39, 0.29) is 0 Å². The molecule has 2 atom stereocenters. The maximum atomic E-state index is 11.8. The highest BCUT2D eigenvalue weighted by Gasteiger charge is 2.38. The van der Waals surface area contributed by atoms with Gasteiger partial charge in [0.2, 0.25) is 0 Å². The van der Waals surface area contributed by atoms with Crippen molar-refractivity contribution >= 4 is 11.9 Å². The summed E-state index contributed by atoms with van der Waals surface area (Å²) < 4.78 is 5.22. The van der Waals surface area contributed by atoms with Gasteiger partial charge in [0.15, 0.2) is 0 Å². The summed E-state index contributed by atoms with van der Waals surface area (Å²) in [5.41, 5.74) is -0.572. The minimum absolute atomic E-state index is 0.424. The molecule has 0 aromatic carbocycles. The molecule has 1 heterocycles. The van der Waals surface area contributed by atoms with Crippen LogP contribution in [0.4, 0.5) is 0 Å². The van der Waals surface area contributed by atoms with E-state index in [0.717, 1.165) is 6.42 Å². The van der Waals surface area contributed by atoms with Crippen LogP contribution >= 0.6 is 0 Å². The number of piperidine rings is 1. The van der Waals surface area contributed by atoms with E-state index in [0.29, 0.717) is 13.0 Å². The summed E-state index contributed by atoms with van der Waals surface area (Å²) in [7, 11) is 0. The summed E-state index contributed by atoms with van der Waals surface area (Å²) in [6.45, 7) is 5.96. The number of aliphatic carboxylic acids is 1. The Morgan fingerprint density at radius 1 is 1.38 bits per heavy atom. The van der Waals surface area contributed by atoms with Crippen LogP contribution in [-0.2, 0) is 14.3 Å². The zero-order valence-corrected chi connectivity index (χ0v) is 9.95. The number of carboxylic acids is 1. The first kappa shape index (κ1) is 13.0. The Balaban J connectivity index is 2.68. The first-order valence-corrected chi connectivity index (χ1v) is 5.50. The van der Waals surface area contributed by atoms with E-state index in [1.54, 1.807) is 20.8 Å². The van der Waals surface area contributed by atoms with Crippen molar-refractivity contribution in [3.05, 3.63) is 0 Å². The van der Waals surface area contributed by atoms with Gasteiger partial charge in [-0.1, -0.05) is 0 Å². The molecule has 0 radical (unpaired) electrons. The number of nitrogens with one attached hydrogen (secondary N) is 1. The van der Waals surface area contributed by atoms with Crippen LogP contribution in [-0.4, -0.2) is 35.2 Å². The van der Waals surface area contributed by atoms with Crippen molar-refractivity contribution in [1.29, 1.82) is 0 Å². The lowest BCUT2D eigenvalue weighted by atomic mass is 9.91. The molecule has 92 valence electrons. The van der Waals surface area contributed by atoms with Crippen LogP contribution in [0.15, 0.2) is 0 Å². The molecule has 1 aliphatic heterocycles. The molecule has 0 amide bonds. The summed E-state index contributed by atoms with van der Waals surface area (Å²) in [5.74, 6) is -1.99.